The first-order valence-electron chi connectivity index (χ1n) is 4.51. The minimum atomic E-state index is -2.01. The lowest BCUT2D eigenvalue weighted by Gasteiger charge is -1.97. The fraction of sp³-hybridized carbons (Fsp3) is 0.556. The highest BCUT2D eigenvalue weighted by Crippen LogP contribution is 2.37. The zero-order valence-corrected chi connectivity index (χ0v) is 10.3. The van der Waals surface area contributed by atoms with Gasteiger partial charge in [-0.1, -0.05) is 13.8 Å². The first kappa shape index (κ1) is 11.6. The van der Waals surface area contributed by atoms with Crippen molar-refractivity contribution >= 4 is 19.6 Å². The molecule has 0 aliphatic rings. The van der Waals surface area contributed by atoms with Crippen LogP contribution in [-0.4, -0.2) is 7.11 Å². The molecule has 0 saturated carbocycles. The zero-order chi connectivity index (χ0) is 10.6. The van der Waals surface area contributed by atoms with Gasteiger partial charge in [-0.25, -0.2) is 4.52 Å². The Morgan fingerprint density at radius 2 is 2.14 bits per heavy atom. The van der Waals surface area contributed by atoms with Crippen LogP contribution in [0, 0.1) is 0 Å². The lowest BCUT2D eigenvalue weighted by molar-refractivity contribution is 0.351. The molecule has 1 heterocycles. The van der Waals surface area contributed by atoms with Crippen molar-refractivity contribution in [3.8, 4) is 5.06 Å². The van der Waals surface area contributed by atoms with Gasteiger partial charge in [0.2, 0.25) is 5.06 Å². The Morgan fingerprint density at radius 3 is 2.64 bits per heavy atom. The van der Waals surface area contributed by atoms with Gasteiger partial charge >= 0.3 is 8.25 Å². The van der Waals surface area contributed by atoms with E-state index in [4.69, 9.17) is 4.52 Å². The minimum absolute atomic E-state index is 0.729. The second kappa shape index (κ2) is 5.44. The van der Waals surface area contributed by atoms with Crippen molar-refractivity contribution in [3.05, 3.63) is 16.5 Å². The third-order valence-corrected chi connectivity index (χ3v) is 3.68. The van der Waals surface area contributed by atoms with Gasteiger partial charge in [-0.15, -0.1) is 15.9 Å². The molecular weight excluding hydrogens is 219 g/mol. The predicted octanol–water partition coefficient (Wildman–Crippen LogP) is 3.56. The van der Waals surface area contributed by atoms with E-state index in [1.807, 2.05) is 5.38 Å². The second-order valence-electron chi connectivity index (χ2n) is 2.73. The molecule has 0 bridgehead atoms. The SMILES string of the molecule is CCc1csc(O[P+](=O)OC)c1CC. The van der Waals surface area contributed by atoms with Crippen LogP contribution in [0.5, 0.6) is 5.06 Å². The van der Waals surface area contributed by atoms with Gasteiger partial charge < -0.3 is 0 Å². The molecule has 78 valence electrons. The van der Waals surface area contributed by atoms with E-state index < -0.39 is 8.25 Å². The quantitative estimate of drug-likeness (QED) is 0.729. The Balaban J connectivity index is 2.86. The van der Waals surface area contributed by atoms with Crippen LogP contribution in [0.3, 0.4) is 0 Å². The van der Waals surface area contributed by atoms with Gasteiger partial charge in [-0.05, 0) is 23.8 Å². The summed E-state index contributed by atoms with van der Waals surface area (Å²) in [5, 5.41) is 2.78. The molecule has 1 rings (SSSR count). The number of hydrogen-bond donors (Lipinski definition) is 0. The molecule has 1 atom stereocenters. The molecule has 0 saturated heterocycles. The van der Waals surface area contributed by atoms with Crippen LogP contribution in [0.15, 0.2) is 5.38 Å². The van der Waals surface area contributed by atoms with Gasteiger partial charge in [0.05, 0.1) is 7.11 Å². The Bertz CT molecular complexity index is 322. The summed E-state index contributed by atoms with van der Waals surface area (Å²) < 4.78 is 20.8. The molecule has 0 fully saturated rings. The highest BCUT2D eigenvalue weighted by molar-refractivity contribution is 7.34. The molecule has 0 spiro atoms. The lowest BCUT2D eigenvalue weighted by Crippen LogP contribution is -1.88. The van der Waals surface area contributed by atoms with Crippen molar-refractivity contribution in [2.45, 2.75) is 26.7 Å². The van der Waals surface area contributed by atoms with Gasteiger partial charge in [0.1, 0.15) is 0 Å². The van der Waals surface area contributed by atoms with Gasteiger partial charge in [-0.2, -0.15) is 0 Å². The van der Waals surface area contributed by atoms with E-state index in [0.29, 0.717) is 0 Å². The second-order valence-corrected chi connectivity index (χ2v) is 4.57. The van der Waals surface area contributed by atoms with Crippen LogP contribution < -0.4 is 4.52 Å². The summed E-state index contributed by atoms with van der Waals surface area (Å²) in [5.41, 5.74) is 2.42. The summed E-state index contributed by atoms with van der Waals surface area (Å²) in [4.78, 5) is 0. The largest absolute Gasteiger partial charge is 0.750 e. The van der Waals surface area contributed by atoms with E-state index in [1.165, 1.54) is 24.0 Å². The fourth-order valence-electron chi connectivity index (χ4n) is 1.25. The van der Waals surface area contributed by atoms with Crippen LogP contribution in [-0.2, 0) is 21.9 Å². The molecule has 0 aliphatic heterocycles. The standard InChI is InChI=1S/C9H14O3PS/c1-4-7-6-14-9(8(7)5-2)12-13(10)11-3/h6H,4-5H2,1-3H3/q+1. The summed E-state index contributed by atoms with van der Waals surface area (Å²) >= 11 is 1.48. The van der Waals surface area contributed by atoms with E-state index in [-0.39, 0.29) is 0 Å². The number of hydrogen-bond acceptors (Lipinski definition) is 4. The Labute approximate surface area is 89.0 Å². The number of rotatable bonds is 5. The third kappa shape index (κ3) is 2.53. The summed E-state index contributed by atoms with van der Waals surface area (Å²) in [6, 6.07) is 0. The van der Waals surface area contributed by atoms with E-state index in [0.717, 1.165) is 23.5 Å². The molecule has 1 aromatic heterocycles. The molecule has 0 N–H and O–H groups in total. The maximum absolute atomic E-state index is 11.1. The van der Waals surface area contributed by atoms with E-state index in [9.17, 15) is 4.57 Å². The monoisotopic (exact) mass is 233 g/mol. The van der Waals surface area contributed by atoms with Crippen LogP contribution in [0.4, 0.5) is 0 Å². The van der Waals surface area contributed by atoms with E-state index in [2.05, 4.69) is 18.4 Å². The molecular formula is C9H14O3PS+. The average Bonchev–Trinajstić information content (AvgIpc) is 2.59. The third-order valence-electron chi connectivity index (χ3n) is 1.98. The normalized spacial score (nSPS) is 11.5. The van der Waals surface area contributed by atoms with E-state index in [1.54, 1.807) is 0 Å². The fourth-order valence-corrected chi connectivity index (χ4v) is 2.90. The Morgan fingerprint density at radius 1 is 1.43 bits per heavy atom. The molecule has 5 heteroatoms. The van der Waals surface area contributed by atoms with Crippen molar-refractivity contribution in [1.29, 1.82) is 0 Å². The molecule has 0 aliphatic carbocycles. The van der Waals surface area contributed by atoms with Gasteiger partial charge in [0, 0.05) is 10.1 Å². The average molecular weight is 233 g/mol. The zero-order valence-electron chi connectivity index (χ0n) is 8.57. The number of aryl methyl sites for hydroxylation is 1. The minimum Gasteiger partial charge on any atom is -0.218 e. The Kier molecular flexibility index (Phi) is 4.52. The van der Waals surface area contributed by atoms with Crippen LogP contribution in [0.1, 0.15) is 25.0 Å². The maximum Gasteiger partial charge on any atom is 0.750 e. The summed E-state index contributed by atoms with van der Waals surface area (Å²) in [6.45, 7) is 4.16. The molecule has 1 unspecified atom stereocenters. The summed E-state index contributed by atoms with van der Waals surface area (Å²) in [5.74, 6) is 0. The molecule has 0 aromatic carbocycles. The molecule has 3 nitrogen and oxygen atoms in total. The lowest BCUT2D eigenvalue weighted by atomic mass is 10.1. The first-order valence-corrected chi connectivity index (χ1v) is 6.49. The molecule has 0 amide bonds. The molecule has 14 heavy (non-hydrogen) atoms. The highest BCUT2D eigenvalue weighted by atomic mass is 32.1. The van der Waals surface area contributed by atoms with Crippen molar-refractivity contribution in [2.75, 3.05) is 7.11 Å². The smallest absolute Gasteiger partial charge is 0.218 e. The van der Waals surface area contributed by atoms with Crippen molar-refractivity contribution < 1.29 is 13.6 Å². The van der Waals surface area contributed by atoms with E-state index >= 15 is 0 Å². The molecule has 0 radical (unpaired) electrons. The predicted molar refractivity (Wildman–Crippen MR) is 58.3 cm³/mol. The maximum atomic E-state index is 11.1. The van der Waals surface area contributed by atoms with Crippen LogP contribution in [0.2, 0.25) is 0 Å². The van der Waals surface area contributed by atoms with Crippen molar-refractivity contribution in [2.24, 2.45) is 0 Å². The highest BCUT2D eigenvalue weighted by Gasteiger charge is 2.23. The Hall–Kier alpha value is -0.440. The van der Waals surface area contributed by atoms with Crippen LogP contribution in [0.25, 0.3) is 0 Å². The number of thiophene rings is 1. The van der Waals surface area contributed by atoms with Crippen LogP contribution >= 0.6 is 19.6 Å². The van der Waals surface area contributed by atoms with Gasteiger partial charge in [-0.3, -0.25) is 0 Å². The molecule has 1 aromatic rings. The van der Waals surface area contributed by atoms with Crippen molar-refractivity contribution in [3.63, 3.8) is 0 Å². The summed E-state index contributed by atoms with van der Waals surface area (Å²) in [7, 11) is -0.634. The van der Waals surface area contributed by atoms with Crippen molar-refractivity contribution in [1.82, 2.24) is 0 Å². The van der Waals surface area contributed by atoms with Gasteiger partial charge in [0.25, 0.3) is 0 Å². The summed E-state index contributed by atoms with van der Waals surface area (Å²) in [6.07, 6.45) is 1.88. The van der Waals surface area contributed by atoms with Gasteiger partial charge in [0.15, 0.2) is 0 Å². The topological polar surface area (TPSA) is 35.5 Å². The first-order chi connectivity index (χ1) is 6.72.